The minimum Gasteiger partial charge on any atom is -0.389 e. The summed E-state index contributed by atoms with van der Waals surface area (Å²) in [6, 6.07) is 0. The molecule has 0 aromatic heterocycles. The lowest BCUT2D eigenvalue weighted by atomic mass is 9.99. The van der Waals surface area contributed by atoms with Crippen LogP contribution in [0.4, 0.5) is 0 Å². The van der Waals surface area contributed by atoms with Crippen LogP contribution in [0.3, 0.4) is 0 Å². The molecule has 0 amide bonds. The molecule has 0 fully saturated rings. The van der Waals surface area contributed by atoms with Gasteiger partial charge < -0.3 is 9.84 Å². The SMILES string of the molecule is CC#CCC(O)C(C)(C)OC. The van der Waals surface area contributed by atoms with E-state index < -0.39 is 11.7 Å². The summed E-state index contributed by atoms with van der Waals surface area (Å²) in [4.78, 5) is 0. The zero-order valence-electron chi connectivity index (χ0n) is 7.64. The molecule has 1 unspecified atom stereocenters. The van der Waals surface area contributed by atoms with Gasteiger partial charge in [0.1, 0.15) is 0 Å². The number of ether oxygens (including phenoxy) is 1. The Hall–Kier alpha value is -0.520. The summed E-state index contributed by atoms with van der Waals surface area (Å²) in [5, 5.41) is 9.48. The Morgan fingerprint density at radius 1 is 1.55 bits per heavy atom. The highest BCUT2D eigenvalue weighted by Gasteiger charge is 2.26. The van der Waals surface area contributed by atoms with Crippen LogP contribution >= 0.6 is 0 Å². The third-order valence-electron chi connectivity index (χ3n) is 1.80. The molecule has 0 radical (unpaired) electrons. The summed E-state index contributed by atoms with van der Waals surface area (Å²) >= 11 is 0. The maximum absolute atomic E-state index is 9.48. The molecule has 0 aliphatic heterocycles. The Morgan fingerprint density at radius 3 is 2.45 bits per heavy atom. The van der Waals surface area contributed by atoms with E-state index in [1.807, 2.05) is 13.8 Å². The molecular formula is C9H16O2. The first-order valence-corrected chi connectivity index (χ1v) is 3.67. The Morgan fingerprint density at radius 2 is 2.09 bits per heavy atom. The molecular weight excluding hydrogens is 140 g/mol. The number of aliphatic hydroxyl groups is 1. The van der Waals surface area contributed by atoms with E-state index in [1.54, 1.807) is 14.0 Å². The zero-order valence-corrected chi connectivity index (χ0v) is 7.64. The van der Waals surface area contributed by atoms with Gasteiger partial charge in [0, 0.05) is 13.5 Å². The second-order valence-electron chi connectivity index (χ2n) is 2.95. The van der Waals surface area contributed by atoms with Crippen molar-refractivity contribution >= 4 is 0 Å². The maximum atomic E-state index is 9.48. The molecule has 0 aromatic rings. The summed E-state index contributed by atoms with van der Waals surface area (Å²) in [7, 11) is 1.59. The van der Waals surface area contributed by atoms with Crippen LogP contribution in [0, 0.1) is 11.8 Å². The van der Waals surface area contributed by atoms with Crippen LogP contribution in [0.5, 0.6) is 0 Å². The van der Waals surface area contributed by atoms with Gasteiger partial charge in [-0.05, 0) is 20.8 Å². The Bertz CT molecular complexity index is 162. The quantitative estimate of drug-likeness (QED) is 0.622. The van der Waals surface area contributed by atoms with Gasteiger partial charge in [-0.2, -0.15) is 0 Å². The van der Waals surface area contributed by atoms with E-state index in [0.29, 0.717) is 6.42 Å². The van der Waals surface area contributed by atoms with Crippen LogP contribution < -0.4 is 0 Å². The van der Waals surface area contributed by atoms with Crippen LogP contribution in [0.2, 0.25) is 0 Å². The molecule has 0 saturated heterocycles. The van der Waals surface area contributed by atoms with Gasteiger partial charge in [0.25, 0.3) is 0 Å². The van der Waals surface area contributed by atoms with Crippen LogP contribution in [0.1, 0.15) is 27.2 Å². The predicted octanol–water partition coefficient (Wildman–Crippen LogP) is 1.19. The Balaban J connectivity index is 3.97. The first-order chi connectivity index (χ1) is 5.04. The van der Waals surface area contributed by atoms with E-state index >= 15 is 0 Å². The van der Waals surface area contributed by atoms with Crippen molar-refractivity contribution in [1.82, 2.24) is 0 Å². The van der Waals surface area contributed by atoms with E-state index in [9.17, 15) is 5.11 Å². The number of hydrogen-bond acceptors (Lipinski definition) is 2. The highest BCUT2D eigenvalue weighted by Crippen LogP contribution is 2.15. The highest BCUT2D eigenvalue weighted by atomic mass is 16.5. The molecule has 1 N–H and O–H groups in total. The largest absolute Gasteiger partial charge is 0.389 e. The minimum absolute atomic E-state index is 0.470. The first-order valence-electron chi connectivity index (χ1n) is 3.67. The average Bonchev–Trinajstić information content (AvgIpc) is 2.00. The van der Waals surface area contributed by atoms with Crippen molar-refractivity contribution in [3.05, 3.63) is 0 Å². The van der Waals surface area contributed by atoms with Gasteiger partial charge in [0.05, 0.1) is 11.7 Å². The van der Waals surface area contributed by atoms with Gasteiger partial charge >= 0.3 is 0 Å². The van der Waals surface area contributed by atoms with Gasteiger partial charge in [-0.1, -0.05) is 0 Å². The molecule has 0 aromatic carbocycles. The molecule has 0 bridgehead atoms. The fourth-order valence-electron chi connectivity index (χ4n) is 0.581. The standard InChI is InChI=1S/C9H16O2/c1-5-6-7-8(10)9(2,3)11-4/h8,10H,7H2,1-4H3. The van der Waals surface area contributed by atoms with Gasteiger partial charge in [0.15, 0.2) is 0 Å². The maximum Gasteiger partial charge on any atom is 0.0933 e. The molecule has 0 aliphatic rings. The van der Waals surface area contributed by atoms with Crippen LogP contribution in [-0.2, 0) is 4.74 Å². The molecule has 0 saturated carbocycles. The van der Waals surface area contributed by atoms with Crippen LogP contribution in [0.15, 0.2) is 0 Å². The van der Waals surface area contributed by atoms with Gasteiger partial charge in [-0.3, -0.25) is 0 Å². The van der Waals surface area contributed by atoms with E-state index in [-0.39, 0.29) is 0 Å². The highest BCUT2D eigenvalue weighted by molar-refractivity contribution is 4.99. The third-order valence-corrected chi connectivity index (χ3v) is 1.80. The van der Waals surface area contributed by atoms with Crippen molar-refractivity contribution in [3.8, 4) is 11.8 Å². The fourth-order valence-corrected chi connectivity index (χ4v) is 0.581. The molecule has 11 heavy (non-hydrogen) atoms. The van der Waals surface area contributed by atoms with Crippen molar-refractivity contribution in [2.24, 2.45) is 0 Å². The fraction of sp³-hybridized carbons (Fsp3) is 0.778. The average molecular weight is 156 g/mol. The first kappa shape index (κ1) is 10.5. The smallest absolute Gasteiger partial charge is 0.0933 e. The lowest BCUT2D eigenvalue weighted by Crippen LogP contribution is -2.37. The molecule has 64 valence electrons. The van der Waals surface area contributed by atoms with Gasteiger partial charge in [0.2, 0.25) is 0 Å². The van der Waals surface area contributed by atoms with Crippen molar-refractivity contribution in [3.63, 3.8) is 0 Å². The number of aliphatic hydroxyl groups excluding tert-OH is 1. The molecule has 2 heteroatoms. The summed E-state index contributed by atoms with van der Waals surface area (Å²) in [6.45, 7) is 5.44. The summed E-state index contributed by atoms with van der Waals surface area (Å²) in [6.07, 6.45) is -0.0444. The topological polar surface area (TPSA) is 29.5 Å². The lowest BCUT2D eigenvalue weighted by molar-refractivity contribution is -0.0745. The molecule has 0 spiro atoms. The lowest BCUT2D eigenvalue weighted by Gasteiger charge is -2.27. The van der Waals surface area contributed by atoms with E-state index in [2.05, 4.69) is 11.8 Å². The van der Waals surface area contributed by atoms with E-state index in [1.165, 1.54) is 0 Å². The molecule has 2 nitrogen and oxygen atoms in total. The third kappa shape index (κ3) is 3.41. The van der Waals surface area contributed by atoms with Crippen molar-refractivity contribution in [2.75, 3.05) is 7.11 Å². The number of methoxy groups -OCH3 is 1. The van der Waals surface area contributed by atoms with Crippen LogP contribution in [-0.4, -0.2) is 23.9 Å². The molecule has 0 rings (SSSR count). The second-order valence-corrected chi connectivity index (χ2v) is 2.95. The zero-order chi connectivity index (χ0) is 8.91. The second kappa shape index (κ2) is 4.38. The minimum atomic E-state index is -0.514. The molecule has 0 aliphatic carbocycles. The normalized spacial score (nSPS) is 13.5. The van der Waals surface area contributed by atoms with E-state index in [4.69, 9.17) is 4.74 Å². The van der Waals surface area contributed by atoms with Crippen molar-refractivity contribution in [2.45, 2.75) is 38.9 Å². The predicted molar refractivity (Wildman–Crippen MR) is 45.2 cm³/mol. The molecule has 1 atom stereocenters. The van der Waals surface area contributed by atoms with Crippen molar-refractivity contribution < 1.29 is 9.84 Å². The summed E-state index contributed by atoms with van der Waals surface area (Å²) in [5.41, 5.74) is -0.496. The van der Waals surface area contributed by atoms with Gasteiger partial charge in [-0.15, -0.1) is 11.8 Å². The van der Waals surface area contributed by atoms with Crippen LogP contribution in [0.25, 0.3) is 0 Å². The summed E-state index contributed by atoms with van der Waals surface area (Å²) in [5.74, 6) is 5.54. The number of hydrogen-bond donors (Lipinski definition) is 1. The van der Waals surface area contributed by atoms with Gasteiger partial charge in [-0.25, -0.2) is 0 Å². The monoisotopic (exact) mass is 156 g/mol. The number of rotatable bonds is 3. The Labute approximate surface area is 68.6 Å². The summed E-state index contributed by atoms with van der Waals surface area (Å²) < 4.78 is 5.08. The molecule has 0 heterocycles. The van der Waals surface area contributed by atoms with E-state index in [0.717, 1.165) is 0 Å². The van der Waals surface area contributed by atoms with Crippen molar-refractivity contribution in [1.29, 1.82) is 0 Å². The Kier molecular flexibility index (Phi) is 4.17.